The number of carbonyl (C=O) groups excluding carboxylic acids is 1. The number of halogens is 3. The molecule has 0 N–H and O–H groups in total. The summed E-state index contributed by atoms with van der Waals surface area (Å²) in [6, 6.07) is 5.32. The van der Waals surface area contributed by atoms with E-state index in [1.165, 1.54) is 0 Å². The molecule has 0 spiro atoms. The standard InChI is InChI=1S/C18H19F3N6O/c1-11-4-3-5-14-13(11)10-22-27(14)7-6-15(28)25-8-9-26-16(12(25)2)23-24-17(26)18(19,20)21/h3-5,10,12H,6-9H2,1-2H3. The van der Waals surface area contributed by atoms with E-state index in [2.05, 4.69) is 15.3 Å². The number of fused-ring (bicyclic) bond motifs is 2. The summed E-state index contributed by atoms with van der Waals surface area (Å²) in [6.45, 7) is 4.28. The summed E-state index contributed by atoms with van der Waals surface area (Å²) in [5, 5.41) is 12.3. The highest BCUT2D eigenvalue weighted by atomic mass is 19.4. The maximum atomic E-state index is 13.0. The summed E-state index contributed by atoms with van der Waals surface area (Å²) < 4.78 is 41.9. The van der Waals surface area contributed by atoms with Gasteiger partial charge in [0.2, 0.25) is 11.7 Å². The number of hydrogen-bond donors (Lipinski definition) is 0. The van der Waals surface area contributed by atoms with Gasteiger partial charge in [-0.05, 0) is 25.5 Å². The molecule has 4 rings (SSSR count). The van der Waals surface area contributed by atoms with Crippen molar-refractivity contribution in [2.24, 2.45) is 0 Å². The molecule has 1 aliphatic heterocycles. The van der Waals surface area contributed by atoms with Crippen LogP contribution in [0.15, 0.2) is 24.4 Å². The Labute approximate surface area is 158 Å². The largest absolute Gasteiger partial charge is 0.451 e. The van der Waals surface area contributed by atoms with Crippen LogP contribution in [0.4, 0.5) is 13.2 Å². The molecule has 1 aliphatic rings. The van der Waals surface area contributed by atoms with Crippen LogP contribution in [0.3, 0.4) is 0 Å². The van der Waals surface area contributed by atoms with Crippen LogP contribution < -0.4 is 0 Å². The van der Waals surface area contributed by atoms with Gasteiger partial charge in [-0.2, -0.15) is 18.3 Å². The monoisotopic (exact) mass is 392 g/mol. The quantitative estimate of drug-likeness (QED) is 0.687. The van der Waals surface area contributed by atoms with Crippen molar-refractivity contribution in [1.82, 2.24) is 29.4 Å². The number of hydrogen-bond acceptors (Lipinski definition) is 4. The van der Waals surface area contributed by atoms with Gasteiger partial charge in [0, 0.05) is 24.9 Å². The van der Waals surface area contributed by atoms with Crippen molar-refractivity contribution in [3.63, 3.8) is 0 Å². The molecule has 10 heteroatoms. The van der Waals surface area contributed by atoms with E-state index in [4.69, 9.17) is 0 Å². The predicted octanol–water partition coefficient (Wildman–Crippen LogP) is 2.95. The number of rotatable bonds is 3. The number of alkyl halides is 3. The number of amides is 1. The zero-order valence-electron chi connectivity index (χ0n) is 15.4. The van der Waals surface area contributed by atoms with E-state index < -0.39 is 18.0 Å². The lowest BCUT2D eigenvalue weighted by Gasteiger charge is -2.34. The molecule has 28 heavy (non-hydrogen) atoms. The number of nitrogens with zero attached hydrogens (tertiary/aromatic N) is 6. The Balaban J connectivity index is 1.48. The van der Waals surface area contributed by atoms with Crippen LogP contribution in [0.25, 0.3) is 10.9 Å². The lowest BCUT2D eigenvalue weighted by Crippen LogP contribution is -2.42. The third kappa shape index (κ3) is 3.02. The minimum Gasteiger partial charge on any atom is -0.331 e. The molecule has 2 aromatic heterocycles. The SMILES string of the molecule is Cc1cccc2c1cnn2CCC(=O)N1CCn2c(nnc2C(F)(F)F)C1C. The van der Waals surface area contributed by atoms with Crippen LogP contribution in [0.1, 0.15) is 36.6 Å². The molecule has 3 aromatic rings. The minimum absolute atomic E-state index is 0.0250. The highest BCUT2D eigenvalue weighted by Crippen LogP contribution is 2.32. The molecule has 0 fully saturated rings. The summed E-state index contributed by atoms with van der Waals surface area (Å²) >= 11 is 0. The van der Waals surface area contributed by atoms with E-state index in [-0.39, 0.29) is 31.2 Å². The Kier molecular flexibility index (Phi) is 4.35. The first-order chi connectivity index (χ1) is 13.3. The summed E-state index contributed by atoms with van der Waals surface area (Å²) in [5.41, 5.74) is 2.06. The molecule has 1 amide bonds. The average Bonchev–Trinajstić information content (AvgIpc) is 3.25. The van der Waals surface area contributed by atoms with Gasteiger partial charge in [0.05, 0.1) is 24.3 Å². The first-order valence-corrected chi connectivity index (χ1v) is 8.98. The highest BCUT2D eigenvalue weighted by Gasteiger charge is 2.41. The van der Waals surface area contributed by atoms with Crippen molar-refractivity contribution >= 4 is 16.8 Å². The molecule has 0 saturated heterocycles. The van der Waals surface area contributed by atoms with E-state index in [1.54, 1.807) is 22.7 Å². The first kappa shape index (κ1) is 18.5. The Bertz CT molecular complexity index is 1040. The lowest BCUT2D eigenvalue weighted by atomic mass is 10.1. The Morgan fingerprint density at radius 3 is 2.79 bits per heavy atom. The Morgan fingerprint density at radius 1 is 1.25 bits per heavy atom. The maximum absolute atomic E-state index is 13.0. The van der Waals surface area contributed by atoms with Gasteiger partial charge in [0.15, 0.2) is 5.82 Å². The van der Waals surface area contributed by atoms with E-state index in [0.29, 0.717) is 6.54 Å². The molecule has 1 unspecified atom stereocenters. The predicted molar refractivity (Wildman–Crippen MR) is 94.2 cm³/mol. The topological polar surface area (TPSA) is 68.8 Å². The van der Waals surface area contributed by atoms with Crippen LogP contribution in [-0.4, -0.2) is 41.9 Å². The maximum Gasteiger partial charge on any atom is 0.451 e. The zero-order valence-corrected chi connectivity index (χ0v) is 15.4. The van der Waals surface area contributed by atoms with Gasteiger partial charge in [-0.25, -0.2) is 0 Å². The number of aromatic nitrogens is 5. The van der Waals surface area contributed by atoms with Crippen molar-refractivity contribution in [3.05, 3.63) is 41.6 Å². The van der Waals surface area contributed by atoms with E-state index in [1.807, 2.05) is 25.1 Å². The third-order valence-corrected chi connectivity index (χ3v) is 5.20. The molecular formula is C18H19F3N6O. The molecule has 3 heterocycles. The highest BCUT2D eigenvalue weighted by molar-refractivity contribution is 5.82. The third-order valence-electron chi connectivity index (χ3n) is 5.20. The van der Waals surface area contributed by atoms with E-state index >= 15 is 0 Å². The lowest BCUT2D eigenvalue weighted by molar-refractivity contribution is -0.148. The van der Waals surface area contributed by atoms with Crippen LogP contribution in [-0.2, 0) is 24.1 Å². The molecule has 0 aliphatic carbocycles. The van der Waals surface area contributed by atoms with Gasteiger partial charge in [-0.15, -0.1) is 10.2 Å². The summed E-state index contributed by atoms with van der Waals surface area (Å²) in [6.07, 6.45) is -2.58. The number of carbonyl (C=O) groups is 1. The Hall–Kier alpha value is -2.91. The second kappa shape index (κ2) is 6.61. The molecule has 0 bridgehead atoms. The van der Waals surface area contributed by atoms with Crippen molar-refractivity contribution < 1.29 is 18.0 Å². The zero-order chi connectivity index (χ0) is 20.1. The normalized spacial score (nSPS) is 17.2. The summed E-state index contributed by atoms with van der Waals surface area (Å²) in [5.74, 6) is -1.00. The Morgan fingerprint density at radius 2 is 2.04 bits per heavy atom. The molecule has 1 atom stereocenters. The molecular weight excluding hydrogens is 373 g/mol. The molecule has 0 radical (unpaired) electrons. The average molecular weight is 392 g/mol. The van der Waals surface area contributed by atoms with Gasteiger partial charge >= 0.3 is 6.18 Å². The van der Waals surface area contributed by atoms with Crippen LogP contribution in [0.5, 0.6) is 0 Å². The molecule has 7 nitrogen and oxygen atoms in total. The fourth-order valence-corrected chi connectivity index (χ4v) is 3.71. The van der Waals surface area contributed by atoms with Crippen molar-refractivity contribution in [1.29, 1.82) is 0 Å². The number of benzene rings is 1. The van der Waals surface area contributed by atoms with Gasteiger partial charge < -0.3 is 9.47 Å². The summed E-state index contributed by atoms with van der Waals surface area (Å²) in [4.78, 5) is 14.3. The smallest absolute Gasteiger partial charge is 0.331 e. The molecule has 0 saturated carbocycles. The molecule has 1 aromatic carbocycles. The minimum atomic E-state index is -4.56. The van der Waals surface area contributed by atoms with Gasteiger partial charge in [-0.3, -0.25) is 9.48 Å². The van der Waals surface area contributed by atoms with Crippen LogP contribution >= 0.6 is 0 Å². The van der Waals surface area contributed by atoms with Gasteiger partial charge in [-0.1, -0.05) is 12.1 Å². The fourth-order valence-electron chi connectivity index (χ4n) is 3.71. The van der Waals surface area contributed by atoms with Crippen LogP contribution in [0.2, 0.25) is 0 Å². The van der Waals surface area contributed by atoms with Crippen molar-refractivity contribution in [2.45, 2.75) is 45.6 Å². The van der Waals surface area contributed by atoms with Gasteiger partial charge in [0.1, 0.15) is 0 Å². The second-order valence-electron chi connectivity index (χ2n) is 6.92. The van der Waals surface area contributed by atoms with E-state index in [9.17, 15) is 18.0 Å². The van der Waals surface area contributed by atoms with E-state index in [0.717, 1.165) is 21.0 Å². The first-order valence-electron chi connectivity index (χ1n) is 8.98. The fraction of sp³-hybridized carbons (Fsp3) is 0.444. The second-order valence-corrected chi connectivity index (χ2v) is 6.92. The van der Waals surface area contributed by atoms with Crippen molar-refractivity contribution in [3.8, 4) is 0 Å². The summed E-state index contributed by atoms with van der Waals surface area (Å²) in [7, 11) is 0. The number of aryl methyl sites for hydroxylation is 2. The van der Waals surface area contributed by atoms with Gasteiger partial charge in [0.25, 0.3) is 0 Å². The van der Waals surface area contributed by atoms with Crippen LogP contribution in [0, 0.1) is 6.92 Å². The molecule has 148 valence electrons. The van der Waals surface area contributed by atoms with Crippen molar-refractivity contribution in [2.75, 3.05) is 6.54 Å².